The third kappa shape index (κ3) is 15.5. The van der Waals surface area contributed by atoms with Crippen LogP contribution in [0.4, 0.5) is 21.0 Å². The van der Waals surface area contributed by atoms with E-state index in [0.717, 1.165) is 98.7 Å². The normalized spacial score (nSPS) is 18.2. The van der Waals surface area contributed by atoms with Gasteiger partial charge in [0.15, 0.2) is 11.2 Å². The van der Waals surface area contributed by atoms with Gasteiger partial charge < -0.3 is 46.4 Å². The summed E-state index contributed by atoms with van der Waals surface area (Å²) < 4.78 is 66.5. The van der Waals surface area contributed by atoms with E-state index in [1.807, 2.05) is 103 Å². The van der Waals surface area contributed by atoms with Gasteiger partial charge in [-0.05, 0) is 164 Å². The maximum atomic E-state index is 13.6. The van der Waals surface area contributed by atoms with Crippen molar-refractivity contribution >= 4 is 91.1 Å². The van der Waals surface area contributed by atoms with Crippen LogP contribution in [-0.2, 0) is 61.3 Å². The van der Waals surface area contributed by atoms with Crippen molar-refractivity contribution in [3.63, 3.8) is 0 Å². The van der Waals surface area contributed by atoms with Crippen molar-refractivity contribution in [2.45, 2.75) is 157 Å². The van der Waals surface area contributed by atoms with Gasteiger partial charge in [0.1, 0.15) is 33.8 Å². The number of furan rings is 3. The molecule has 8 aromatic heterocycles. The van der Waals surface area contributed by atoms with Gasteiger partial charge in [-0.15, -0.1) is 0 Å². The van der Waals surface area contributed by atoms with Gasteiger partial charge in [0, 0.05) is 129 Å². The van der Waals surface area contributed by atoms with Gasteiger partial charge in [-0.2, -0.15) is 25.4 Å². The molecule has 3 aromatic carbocycles. The molecule has 0 N–H and O–H groups in total. The molecule has 6 atom stereocenters. The molecular weight excluding hydrogens is 1370 g/mol. The number of anilines is 2. The molecule has 11 aromatic rings. The Hall–Kier alpha value is -10.1. The van der Waals surface area contributed by atoms with Crippen LogP contribution in [0, 0.1) is 13.8 Å². The Morgan fingerprint density at radius 1 is 0.486 bits per heavy atom. The molecule has 0 aliphatic carbocycles. The van der Waals surface area contributed by atoms with Crippen LogP contribution in [0.2, 0.25) is 5.02 Å². The lowest BCUT2D eigenvalue weighted by Crippen LogP contribution is -2.46. The molecule has 14 rings (SSSR count). The second-order valence-electron chi connectivity index (χ2n) is 26.6. The number of hydrogen-bond acceptors (Lipinski definition) is 20. The largest absolute Gasteiger partial charge is 0.460 e. The zero-order chi connectivity index (χ0) is 74.5. The Balaban J connectivity index is 0.000000148. The number of carbonyl (C=O) groups is 4. The van der Waals surface area contributed by atoms with E-state index in [4.69, 9.17) is 58.0 Å². The van der Waals surface area contributed by atoms with Crippen LogP contribution in [0.1, 0.15) is 145 Å². The molecule has 0 unspecified atom stereocenters. The number of carbonyl (C=O) groups excluding carboxylic acids is 4. The molecular formula is C77H91ClN12O15. The molecule has 3 saturated heterocycles. The maximum absolute atomic E-state index is 13.6. The molecule has 3 fully saturated rings. The number of benzene rings is 3. The van der Waals surface area contributed by atoms with Crippen LogP contribution in [0.3, 0.4) is 0 Å². The average molecular weight is 1460 g/mol. The minimum absolute atomic E-state index is 0.000815. The van der Waals surface area contributed by atoms with Gasteiger partial charge in [0.2, 0.25) is 11.5 Å². The fraction of sp³-hybridized carbons (Fsp3) is 0.455. The number of aromatic nitrogens is 10. The van der Waals surface area contributed by atoms with Crippen molar-refractivity contribution in [1.82, 2.24) is 48.7 Å². The van der Waals surface area contributed by atoms with E-state index in [2.05, 4.69) is 51.4 Å². The Morgan fingerprint density at radius 2 is 0.886 bits per heavy atom. The zero-order valence-electron chi connectivity index (χ0n) is 61.7. The summed E-state index contributed by atoms with van der Waals surface area (Å²) >= 11 is 6.64. The van der Waals surface area contributed by atoms with Crippen molar-refractivity contribution < 1.29 is 65.6 Å². The number of amides is 2. The molecule has 3 aliphatic rings. The van der Waals surface area contributed by atoms with Crippen molar-refractivity contribution in [1.29, 1.82) is 0 Å². The highest BCUT2D eigenvalue weighted by Gasteiger charge is 2.41. The summed E-state index contributed by atoms with van der Waals surface area (Å²) in [6.45, 7) is 19.5. The van der Waals surface area contributed by atoms with Crippen molar-refractivity contribution in [3.05, 3.63) is 124 Å². The summed E-state index contributed by atoms with van der Waals surface area (Å²) in [5.41, 5.74) is 12.0. The molecule has 0 spiro atoms. The molecule has 2 amide bonds. The lowest BCUT2D eigenvalue weighted by Gasteiger charge is -2.36. The second-order valence-corrected chi connectivity index (χ2v) is 27.0. The average Bonchev–Trinajstić information content (AvgIpc) is 1.60. The number of rotatable bonds is 18. The molecule has 28 heteroatoms. The van der Waals surface area contributed by atoms with Crippen LogP contribution < -0.4 is 15.5 Å². The second kappa shape index (κ2) is 32.5. The quantitative estimate of drug-likeness (QED) is 0.0570. The Labute approximate surface area is 612 Å². The van der Waals surface area contributed by atoms with E-state index in [-0.39, 0.29) is 80.1 Å². The monoisotopic (exact) mass is 1460 g/mol. The van der Waals surface area contributed by atoms with E-state index in [1.165, 1.54) is 4.90 Å². The van der Waals surface area contributed by atoms with Gasteiger partial charge in [-0.3, -0.25) is 33.1 Å². The summed E-state index contributed by atoms with van der Waals surface area (Å²) in [6, 6.07) is 11.2. The Kier molecular flexibility index (Phi) is 23.1. The molecule has 0 bridgehead atoms. The van der Waals surface area contributed by atoms with Crippen LogP contribution in [0.15, 0.2) is 104 Å². The first-order valence-corrected chi connectivity index (χ1v) is 36.4. The van der Waals surface area contributed by atoms with E-state index >= 15 is 0 Å². The van der Waals surface area contributed by atoms with Crippen molar-refractivity contribution in [2.24, 2.45) is 28.2 Å². The predicted octanol–water partition coefficient (Wildman–Crippen LogP) is 15.2. The smallest absolute Gasteiger partial charge is 0.414 e. The van der Waals surface area contributed by atoms with Gasteiger partial charge in [0.05, 0.1) is 74.5 Å². The molecule has 105 heavy (non-hydrogen) atoms. The molecule has 0 saturated carbocycles. The fourth-order valence-electron chi connectivity index (χ4n) is 14.4. The van der Waals surface area contributed by atoms with Crippen molar-refractivity contribution in [3.8, 4) is 44.6 Å². The molecule has 3 aliphatic heterocycles. The number of hydrogen-bond donors (Lipinski definition) is 0. The third-order valence-corrected chi connectivity index (χ3v) is 19.7. The predicted molar refractivity (Wildman–Crippen MR) is 397 cm³/mol. The van der Waals surface area contributed by atoms with E-state index in [9.17, 15) is 24.0 Å². The lowest BCUT2D eigenvalue weighted by atomic mass is 9.98. The van der Waals surface area contributed by atoms with Crippen LogP contribution in [0.25, 0.3) is 88.6 Å². The summed E-state index contributed by atoms with van der Waals surface area (Å²) in [5.74, 6) is -1.37. The Bertz CT molecular complexity index is 4840. The van der Waals surface area contributed by atoms with E-state index in [1.54, 1.807) is 76.0 Å². The summed E-state index contributed by atoms with van der Waals surface area (Å²) in [5, 5.41) is 19.5. The van der Waals surface area contributed by atoms with Gasteiger partial charge in [-0.1, -0.05) is 32.4 Å². The SMILES string of the molecule is CCOC(=O)c1oc2c(C)cc(-c3cnn(C)c3)cc2c1N(C(=O)OCC)[C@H]1CCO[C@@H](CC)C1.CCOC(=O)c1oc2c(Cl)cc(-c3cnn(C)c3)cc2c1N(C(=O)OCC)[C@H]1CCO[C@@H](CC)C1.CC[C@H]1C[C@@H](n2c(=O)nc(-c3cnn(C)c3)c3oc4c(C)cc(-c5cnn(C)c5)cc4c32)CCO1. The Morgan fingerprint density at radius 3 is 1.32 bits per heavy atom. The number of aryl methyl sites for hydroxylation is 6. The maximum Gasteiger partial charge on any atom is 0.414 e. The number of halogens is 1. The number of ether oxygens (including phenoxy) is 7. The molecule has 0 radical (unpaired) electrons. The highest BCUT2D eigenvalue weighted by atomic mass is 35.5. The van der Waals surface area contributed by atoms with Crippen LogP contribution in [-0.4, -0.2) is 149 Å². The zero-order valence-corrected chi connectivity index (χ0v) is 62.5. The van der Waals surface area contributed by atoms with Crippen LogP contribution >= 0.6 is 11.6 Å². The van der Waals surface area contributed by atoms with E-state index in [0.29, 0.717) is 95.1 Å². The standard InChI is InChI=1S/C26H28N6O3.C26H33N3O6.C25H30ClN3O6/c1-5-20-10-19(6-7-34-20)32-23-21-9-16(17-11-27-30(3)13-17)8-15(2)24(21)35-25(23)22(29-26(32)33)18-12-28-31(4)14-18;1-6-20-13-19(9-10-34-20)29(26(31)33-8-3)22-21-12-17(18-14-27-28(5)15-18)11-16(4)23(21)35-24(22)25(30)32-7-2;1-5-18-12-17(8-9-34-18)29(25(31)33-7-3)21-19-10-15(16-13-27-28(4)14-16)11-20(26)22(19)35-23(21)24(30)32-6-2/h8-9,11-14,19-20H,5-7,10H2,1-4H3;11-12,14-15,19-20H,6-10,13H2,1-5H3;10-11,13-14,17-18H,5-9,12H2,1-4H3/t2*19-,20-;17-,18-/m000/s1. The topological polar surface area (TPSA) is 285 Å². The highest BCUT2D eigenvalue weighted by molar-refractivity contribution is 6.36. The number of esters is 2. The molecule has 11 heterocycles. The van der Waals surface area contributed by atoms with Gasteiger partial charge in [-0.25, -0.2) is 24.0 Å². The van der Waals surface area contributed by atoms with Crippen molar-refractivity contribution in [2.75, 3.05) is 56.0 Å². The summed E-state index contributed by atoms with van der Waals surface area (Å²) in [4.78, 5) is 74.1. The highest BCUT2D eigenvalue weighted by Crippen LogP contribution is 2.46. The number of nitrogens with zero attached hydrogens (tertiary/aromatic N) is 12. The van der Waals surface area contributed by atoms with Gasteiger partial charge >= 0.3 is 29.8 Å². The first kappa shape index (κ1) is 74.6. The summed E-state index contributed by atoms with van der Waals surface area (Å²) in [6.07, 6.45) is 20.2. The van der Waals surface area contributed by atoms with Crippen LogP contribution in [0.5, 0.6) is 0 Å². The first-order valence-electron chi connectivity index (χ1n) is 36.1. The third-order valence-electron chi connectivity index (χ3n) is 19.4. The first-order chi connectivity index (χ1) is 50.7. The molecule has 556 valence electrons. The van der Waals surface area contributed by atoms with Gasteiger partial charge in [0.25, 0.3) is 0 Å². The fourth-order valence-corrected chi connectivity index (χ4v) is 14.6. The number of fused-ring (bicyclic) bond motifs is 5. The summed E-state index contributed by atoms with van der Waals surface area (Å²) in [7, 11) is 7.43. The minimum Gasteiger partial charge on any atom is -0.460 e. The lowest BCUT2D eigenvalue weighted by molar-refractivity contribution is -0.00711. The minimum atomic E-state index is -0.675. The molecule has 27 nitrogen and oxygen atoms in total. The van der Waals surface area contributed by atoms with E-state index < -0.39 is 24.1 Å².